The van der Waals surface area contributed by atoms with Crippen LogP contribution < -0.4 is 15.5 Å². The number of aromatic nitrogens is 2. The van der Waals surface area contributed by atoms with Crippen LogP contribution in [0.15, 0.2) is 64.3 Å². The fourth-order valence-electron chi connectivity index (χ4n) is 3.45. The first-order valence-corrected chi connectivity index (χ1v) is 11.0. The van der Waals surface area contributed by atoms with Crippen LogP contribution >= 0.6 is 24.0 Å². The summed E-state index contributed by atoms with van der Waals surface area (Å²) in [7, 11) is 4.08. The Hall–Kier alpha value is -2.49. The monoisotopic (exact) mass is 550 g/mol. The molecule has 2 heterocycles. The lowest BCUT2D eigenvalue weighted by Crippen LogP contribution is -2.39. The molecule has 1 aromatic carbocycles. The normalized spacial score (nSPS) is 11.2. The molecule has 0 radical (unpaired) electrons. The van der Waals surface area contributed by atoms with Gasteiger partial charge in [-0.05, 0) is 37.1 Å². The highest BCUT2D eigenvalue weighted by molar-refractivity contribution is 14.0. The summed E-state index contributed by atoms with van der Waals surface area (Å²) < 4.78 is 7.29. The molecule has 174 valence electrons. The number of anilines is 1. The summed E-state index contributed by atoms with van der Waals surface area (Å²) in [6.07, 6.45) is 6.50. The fourth-order valence-corrected chi connectivity index (χ4v) is 3.45. The van der Waals surface area contributed by atoms with E-state index in [9.17, 15) is 0 Å². The number of rotatable bonds is 11. The highest BCUT2D eigenvalue weighted by Crippen LogP contribution is 2.11. The molecule has 2 N–H and O–H groups in total. The number of furan rings is 1. The second kappa shape index (κ2) is 13.8. The minimum atomic E-state index is 0. The van der Waals surface area contributed by atoms with Crippen LogP contribution in [0.3, 0.4) is 0 Å². The van der Waals surface area contributed by atoms with Crippen molar-refractivity contribution < 1.29 is 4.42 Å². The van der Waals surface area contributed by atoms with Gasteiger partial charge in [0.2, 0.25) is 0 Å². The summed E-state index contributed by atoms with van der Waals surface area (Å²) in [5.41, 5.74) is 3.50. The lowest BCUT2D eigenvalue weighted by Gasteiger charge is -2.19. The Bertz CT molecular complexity index is 923. The molecule has 0 unspecified atom stereocenters. The number of benzene rings is 1. The van der Waals surface area contributed by atoms with Crippen molar-refractivity contribution in [1.82, 2.24) is 20.4 Å². The van der Waals surface area contributed by atoms with E-state index in [1.165, 1.54) is 11.3 Å². The summed E-state index contributed by atoms with van der Waals surface area (Å²) >= 11 is 0. The van der Waals surface area contributed by atoms with Crippen LogP contribution in [0.1, 0.15) is 30.4 Å². The van der Waals surface area contributed by atoms with E-state index in [2.05, 4.69) is 65.1 Å². The zero-order valence-corrected chi connectivity index (χ0v) is 21.6. The van der Waals surface area contributed by atoms with E-state index in [1.807, 2.05) is 29.9 Å². The second-order valence-corrected chi connectivity index (χ2v) is 7.59. The molecule has 2 aromatic heterocycles. The summed E-state index contributed by atoms with van der Waals surface area (Å²) in [5, 5.41) is 11.4. The molecule has 0 amide bonds. The van der Waals surface area contributed by atoms with E-state index in [4.69, 9.17) is 9.41 Å². The van der Waals surface area contributed by atoms with E-state index in [1.54, 1.807) is 6.26 Å². The minimum Gasteiger partial charge on any atom is -0.469 e. The van der Waals surface area contributed by atoms with Gasteiger partial charge in [-0.2, -0.15) is 5.10 Å². The van der Waals surface area contributed by atoms with Crippen LogP contribution in [0.4, 0.5) is 5.69 Å². The third kappa shape index (κ3) is 8.22. The molecule has 0 aliphatic carbocycles. The van der Waals surface area contributed by atoms with Crippen LogP contribution in [0.25, 0.3) is 0 Å². The molecule has 0 bridgehead atoms. The Morgan fingerprint density at radius 3 is 2.62 bits per heavy atom. The SMILES string of the molecule is CCc1nn(C)cc1CN=C(NCCCN(C)c1ccccc1)NCCc1ccco1.I. The lowest BCUT2D eigenvalue weighted by molar-refractivity contribution is 0.506. The van der Waals surface area contributed by atoms with Gasteiger partial charge in [0.1, 0.15) is 5.76 Å². The number of guanidine groups is 1. The van der Waals surface area contributed by atoms with Crippen molar-refractivity contribution in [3.8, 4) is 0 Å². The van der Waals surface area contributed by atoms with Crippen molar-refractivity contribution in [3.63, 3.8) is 0 Å². The molecule has 0 aliphatic rings. The maximum atomic E-state index is 5.43. The summed E-state index contributed by atoms with van der Waals surface area (Å²) in [5.74, 6) is 1.79. The van der Waals surface area contributed by atoms with Gasteiger partial charge in [0.25, 0.3) is 0 Å². The smallest absolute Gasteiger partial charge is 0.191 e. The third-order valence-corrected chi connectivity index (χ3v) is 5.14. The number of para-hydroxylation sites is 1. The zero-order chi connectivity index (χ0) is 21.9. The number of hydrogen-bond donors (Lipinski definition) is 2. The largest absolute Gasteiger partial charge is 0.469 e. The number of nitrogens with zero attached hydrogens (tertiary/aromatic N) is 4. The molecule has 8 heteroatoms. The third-order valence-electron chi connectivity index (χ3n) is 5.14. The van der Waals surface area contributed by atoms with Gasteiger partial charge in [-0.15, -0.1) is 24.0 Å². The van der Waals surface area contributed by atoms with Crippen molar-refractivity contribution >= 4 is 35.6 Å². The molecular weight excluding hydrogens is 515 g/mol. The molecule has 3 aromatic rings. The van der Waals surface area contributed by atoms with E-state index in [-0.39, 0.29) is 24.0 Å². The van der Waals surface area contributed by atoms with Gasteiger partial charge in [0, 0.05) is 57.6 Å². The molecule has 0 fully saturated rings. The maximum Gasteiger partial charge on any atom is 0.191 e. The van der Waals surface area contributed by atoms with Crippen molar-refractivity contribution in [2.75, 3.05) is 31.6 Å². The Balaban J connectivity index is 0.00000363. The zero-order valence-electron chi connectivity index (χ0n) is 19.3. The first-order chi connectivity index (χ1) is 15.2. The topological polar surface area (TPSA) is 70.6 Å². The van der Waals surface area contributed by atoms with Gasteiger partial charge in [-0.3, -0.25) is 4.68 Å². The van der Waals surface area contributed by atoms with Gasteiger partial charge in [0.05, 0.1) is 18.5 Å². The van der Waals surface area contributed by atoms with Crippen LogP contribution in [-0.4, -0.2) is 42.4 Å². The highest BCUT2D eigenvalue weighted by atomic mass is 127. The highest BCUT2D eigenvalue weighted by Gasteiger charge is 2.07. The molecule has 32 heavy (non-hydrogen) atoms. The summed E-state index contributed by atoms with van der Waals surface area (Å²) in [4.78, 5) is 7.08. The van der Waals surface area contributed by atoms with Crippen LogP contribution in [0.2, 0.25) is 0 Å². The predicted octanol–water partition coefficient (Wildman–Crippen LogP) is 4.00. The number of hydrogen-bond acceptors (Lipinski definition) is 4. The van der Waals surface area contributed by atoms with Crippen molar-refractivity contribution in [2.24, 2.45) is 12.0 Å². The Kier molecular flexibility index (Phi) is 11.1. The van der Waals surface area contributed by atoms with Crippen molar-refractivity contribution in [1.29, 1.82) is 0 Å². The molecule has 0 atom stereocenters. The number of aliphatic imine (C=N–C) groups is 1. The van der Waals surface area contributed by atoms with Crippen molar-refractivity contribution in [3.05, 3.63) is 71.9 Å². The van der Waals surface area contributed by atoms with Crippen LogP contribution in [0.5, 0.6) is 0 Å². The van der Waals surface area contributed by atoms with Gasteiger partial charge >= 0.3 is 0 Å². The quantitative estimate of drug-likeness (QED) is 0.164. The van der Waals surface area contributed by atoms with E-state index in [0.717, 1.165) is 56.3 Å². The molecule has 0 aliphatic heterocycles. The van der Waals surface area contributed by atoms with Crippen LogP contribution in [0, 0.1) is 0 Å². The van der Waals surface area contributed by atoms with E-state index < -0.39 is 0 Å². The summed E-state index contributed by atoms with van der Waals surface area (Å²) in [6.45, 7) is 5.31. The van der Waals surface area contributed by atoms with Gasteiger partial charge in [0.15, 0.2) is 5.96 Å². The van der Waals surface area contributed by atoms with E-state index >= 15 is 0 Å². The Morgan fingerprint density at radius 2 is 1.91 bits per heavy atom. The van der Waals surface area contributed by atoms with Gasteiger partial charge in [-0.25, -0.2) is 4.99 Å². The molecule has 3 rings (SSSR count). The number of halogens is 1. The molecule has 0 saturated heterocycles. The second-order valence-electron chi connectivity index (χ2n) is 7.59. The summed E-state index contributed by atoms with van der Waals surface area (Å²) in [6, 6.07) is 14.4. The van der Waals surface area contributed by atoms with E-state index in [0.29, 0.717) is 6.54 Å². The molecular formula is C24H35IN6O. The number of aryl methyl sites for hydroxylation is 2. The van der Waals surface area contributed by atoms with Crippen molar-refractivity contribution in [2.45, 2.75) is 32.7 Å². The average Bonchev–Trinajstić information content (AvgIpc) is 3.44. The maximum absolute atomic E-state index is 5.43. The van der Waals surface area contributed by atoms with Gasteiger partial charge < -0.3 is 20.0 Å². The molecule has 0 saturated carbocycles. The Labute approximate surface area is 208 Å². The van der Waals surface area contributed by atoms with Gasteiger partial charge in [-0.1, -0.05) is 25.1 Å². The first-order valence-electron chi connectivity index (χ1n) is 11.0. The Morgan fingerprint density at radius 1 is 1.12 bits per heavy atom. The predicted molar refractivity (Wildman–Crippen MR) is 142 cm³/mol. The standard InChI is InChI=1S/C24H34N6O.HI/c1-4-23-20(19-30(3)28-23)18-27-24(26-15-13-22-12-8-17-31-22)25-14-9-16-29(2)21-10-6-5-7-11-21;/h5-8,10-12,17,19H,4,9,13-16,18H2,1-3H3,(H2,25,26,27);1H. The fraction of sp³-hybridized carbons (Fsp3) is 0.417. The molecule has 0 spiro atoms. The minimum absolute atomic E-state index is 0. The lowest BCUT2D eigenvalue weighted by atomic mass is 10.2. The first kappa shape index (κ1) is 25.8. The van der Waals surface area contributed by atoms with Crippen LogP contribution in [-0.2, 0) is 26.4 Å². The molecule has 7 nitrogen and oxygen atoms in total. The average molecular weight is 550 g/mol. The number of nitrogens with one attached hydrogen (secondary N) is 2.